The normalized spacial score (nSPS) is 27.9. The summed E-state index contributed by atoms with van der Waals surface area (Å²) in [5.74, 6) is 0. The molecule has 1 saturated carbocycles. The first-order valence-corrected chi connectivity index (χ1v) is 5.79. The van der Waals surface area contributed by atoms with Gasteiger partial charge in [0, 0.05) is 12.8 Å². The zero-order valence-corrected chi connectivity index (χ0v) is 10.0. The Kier molecular flexibility index (Phi) is 3.64. The largest absolute Gasteiger partial charge is 0.523 e. The van der Waals surface area contributed by atoms with Gasteiger partial charge in [0.15, 0.2) is 0 Å². The summed E-state index contributed by atoms with van der Waals surface area (Å²) in [6.07, 6.45) is -4.17. The van der Waals surface area contributed by atoms with E-state index in [9.17, 15) is 13.2 Å². The van der Waals surface area contributed by atoms with Crippen LogP contribution >= 0.6 is 0 Å². The number of hydrogen-bond donors (Lipinski definition) is 0. The minimum Gasteiger partial charge on any atom is -0.373 e. The second kappa shape index (κ2) is 4.90. The SMILES string of the molecule is CC1(OC(F)(F)F)CC(OCc2ccccc2)C1. The lowest BCUT2D eigenvalue weighted by Gasteiger charge is -2.44. The molecule has 2 rings (SSSR count). The van der Waals surface area contributed by atoms with Gasteiger partial charge in [-0.25, -0.2) is 0 Å². The quantitative estimate of drug-likeness (QED) is 0.822. The Morgan fingerprint density at radius 1 is 1.22 bits per heavy atom. The molecule has 18 heavy (non-hydrogen) atoms. The van der Waals surface area contributed by atoms with Gasteiger partial charge in [-0.3, -0.25) is 4.74 Å². The minimum absolute atomic E-state index is 0.155. The standard InChI is InChI=1S/C13H15F3O2/c1-12(18-13(14,15)16)7-11(8-12)17-9-10-5-3-2-4-6-10/h2-6,11H,7-9H2,1H3. The molecule has 5 heteroatoms. The number of benzene rings is 1. The van der Waals surface area contributed by atoms with E-state index in [1.165, 1.54) is 6.92 Å². The van der Waals surface area contributed by atoms with Crippen LogP contribution in [0.1, 0.15) is 25.3 Å². The first-order chi connectivity index (χ1) is 8.36. The molecule has 0 atom stereocenters. The van der Waals surface area contributed by atoms with Crippen molar-refractivity contribution in [2.24, 2.45) is 0 Å². The minimum atomic E-state index is -4.57. The Morgan fingerprint density at radius 2 is 1.83 bits per heavy atom. The third-order valence-electron chi connectivity index (χ3n) is 3.01. The van der Waals surface area contributed by atoms with E-state index in [0.717, 1.165) is 5.56 Å². The summed E-state index contributed by atoms with van der Waals surface area (Å²) in [4.78, 5) is 0. The highest BCUT2D eigenvalue weighted by atomic mass is 19.4. The molecule has 0 heterocycles. The maximum atomic E-state index is 12.1. The second-order valence-electron chi connectivity index (χ2n) is 4.82. The van der Waals surface area contributed by atoms with Crippen LogP contribution in [0, 0.1) is 0 Å². The average Bonchev–Trinajstić information content (AvgIpc) is 2.22. The predicted molar refractivity (Wildman–Crippen MR) is 59.8 cm³/mol. The van der Waals surface area contributed by atoms with Crippen LogP contribution in [0.25, 0.3) is 0 Å². The fourth-order valence-electron chi connectivity index (χ4n) is 2.17. The van der Waals surface area contributed by atoms with E-state index in [1.54, 1.807) is 0 Å². The second-order valence-corrected chi connectivity index (χ2v) is 4.82. The molecule has 0 radical (unpaired) electrons. The Hall–Kier alpha value is -1.07. The maximum absolute atomic E-state index is 12.1. The van der Waals surface area contributed by atoms with E-state index >= 15 is 0 Å². The molecule has 0 unspecified atom stereocenters. The zero-order valence-electron chi connectivity index (χ0n) is 10.0. The van der Waals surface area contributed by atoms with Crippen molar-refractivity contribution >= 4 is 0 Å². The highest BCUT2D eigenvalue weighted by molar-refractivity contribution is 5.13. The molecular formula is C13H15F3O2. The van der Waals surface area contributed by atoms with Crippen molar-refractivity contribution in [3.8, 4) is 0 Å². The van der Waals surface area contributed by atoms with Crippen molar-refractivity contribution in [1.29, 1.82) is 0 Å². The van der Waals surface area contributed by atoms with E-state index in [0.29, 0.717) is 6.61 Å². The summed E-state index contributed by atoms with van der Waals surface area (Å²) in [5.41, 5.74) is -0.109. The van der Waals surface area contributed by atoms with Crippen molar-refractivity contribution in [2.45, 2.75) is 44.4 Å². The van der Waals surface area contributed by atoms with Crippen molar-refractivity contribution in [3.05, 3.63) is 35.9 Å². The van der Waals surface area contributed by atoms with Gasteiger partial charge in [0.1, 0.15) is 0 Å². The molecule has 1 aliphatic carbocycles. The summed E-state index contributed by atoms with van der Waals surface area (Å²) in [6.45, 7) is 1.89. The molecule has 1 fully saturated rings. The summed E-state index contributed by atoms with van der Waals surface area (Å²) in [6, 6.07) is 9.54. The molecule has 0 aromatic heterocycles. The van der Waals surface area contributed by atoms with Crippen LogP contribution in [0.2, 0.25) is 0 Å². The van der Waals surface area contributed by atoms with Gasteiger partial charge in [-0.05, 0) is 12.5 Å². The third kappa shape index (κ3) is 3.71. The van der Waals surface area contributed by atoms with Gasteiger partial charge in [0.05, 0.1) is 18.3 Å². The maximum Gasteiger partial charge on any atom is 0.523 e. The molecule has 100 valence electrons. The van der Waals surface area contributed by atoms with Crippen LogP contribution in [0.3, 0.4) is 0 Å². The van der Waals surface area contributed by atoms with Crippen molar-refractivity contribution in [2.75, 3.05) is 0 Å². The summed E-state index contributed by atoms with van der Waals surface area (Å²) in [5, 5.41) is 0. The molecular weight excluding hydrogens is 245 g/mol. The molecule has 1 aliphatic rings. The van der Waals surface area contributed by atoms with E-state index in [1.807, 2.05) is 30.3 Å². The van der Waals surface area contributed by atoms with Gasteiger partial charge >= 0.3 is 6.36 Å². The fourth-order valence-corrected chi connectivity index (χ4v) is 2.17. The molecule has 2 nitrogen and oxygen atoms in total. The van der Waals surface area contributed by atoms with Crippen molar-refractivity contribution in [1.82, 2.24) is 0 Å². The molecule has 0 bridgehead atoms. The highest BCUT2D eigenvalue weighted by Crippen LogP contribution is 2.41. The molecule has 0 N–H and O–H groups in total. The van der Waals surface area contributed by atoms with Crippen molar-refractivity contribution in [3.63, 3.8) is 0 Å². The number of ether oxygens (including phenoxy) is 2. The smallest absolute Gasteiger partial charge is 0.373 e. The Morgan fingerprint density at radius 3 is 2.39 bits per heavy atom. The lowest BCUT2D eigenvalue weighted by Crippen LogP contribution is -2.50. The Balaban J connectivity index is 1.73. The van der Waals surface area contributed by atoms with E-state index < -0.39 is 12.0 Å². The first kappa shape index (κ1) is 13.4. The van der Waals surface area contributed by atoms with E-state index in [-0.39, 0.29) is 18.9 Å². The lowest BCUT2D eigenvalue weighted by atomic mass is 9.79. The van der Waals surface area contributed by atoms with Gasteiger partial charge in [0.25, 0.3) is 0 Å². The number of alkyl halides is 3. The summed E-state index contributed by atoms with van der Waals surface area (Å²) < 4.78 is 45.9. The monoisotopic (exact) mass is 260 g/mol. The topological polar surface area (TPSA) is 18.5 Å². The van der Waals surface area contributed by atoms with Gasteiger partial charge in [-0.1, -0.05) is 30.3 Å². The molecule has 0 aliphatic heterocycles. The van der Waals surface area contributed by atoms with Crippen LogP contribution in [0.5, 0.6) is 0 Å². The summed E-state index contributed by atoms with van der Waals surface area (Å²) in [7, 11) is 0. The third-order valence-corrected chi connectivity index (χ3v) is 3.01. The molecule has 0 spiro atoms. The number of rotatable bonds is 4. The lowest BCUT2D eigenvalue weighted by molar-refractivity contribution is -0.383. The van der Waals surface area contributed by atoms with Gasteiger partial charge in [-0.2, -0.15) is 0 Å². The van der Waals surface area contributed by atoms with Crippen LogP contribution in [0.4, 0.5) is 13.2 Å². The Bertz CT molecular complexity index is 383. The average molecular weight is 260 g/mol. The zero-order chi connectivity index (χ0) is 13.2. The number of halogens is 3. The first-order valence-electron chi connectivity index (χ1n) is 5.79. The highest BCUT2D eigenvalue weighted by Gasteiger charge is 2.49. The molecule has 0 saturated heterocycles. The van der Waals surface area contributed by atoms with E-state index in [4.69, 9.17) is 4.74 Å². The molecule has 1 aromatic rings. The van der Waals surface area contributed by atoms with Gasteiger partial charge < -0.3 is 4.74 Å². The number of hydrogen-bond acceptors (Lipinski definition) is 2. The van der Waals surface area contributed by atoms with Crippen molar-refractivity contribution < 1.29 is 22.6 Å². The van der Waals surface area contributed by atoms with E-state index in [2.05, 4.69) is 4.74 Å². The van der Waals surface area contributed by atoms with Crippen LogP contribution in [0.15, 0.2) is 30.3 Å². The predicted octanol–water partition coefficient (Wildman–Crippen LogP) is 3.66. The van der Waals surface area contributed by atoms with Crippen LogP contribution < -0.4 is 0 Å². The fraction of sp³-hybridized carbons (Fsp3) is 0.538. The molecule has 1 aromatic carbocycles. The van der Waals surface area contributed by atoms with Crippen LogP contribution in [-0.4, -0.2) is 18.1 Å². The van der Waals surface area contributed by atoms with Gasteiger partial charge in [-0.15, -0.1) is 13.2 Å². The summed E-state index contributed by atoms with van der Waals surface area (Å²) >= 11 is 0. The van der Waals surface area contributed by atoms with Crippen LogP contribution in [-0.2, 0) is 16.1 Å². The molecule has 0 amide bonds. The Labute approximate surface area is 104 Å². The van der Waals surface area contributed by atoms with Gasteiger partial charge in [0.2, 0.25) is 0 Å².